The first-order valence-corrected chi connectivity index (χ1v) is 21.7. The van der Waals surface area contributed by atoms with Crippen molar-refractivity contribution in [3.05, 3.63) is 234 Å². The van der Waals surface area contributed by atoms with Crippen LogP contribution in [0.3, 0.4) is 0 Å². The van der Waals surface area contributed by atoms with E-state index in [9.17, 15) is 33.8 Å². The summed E-state index contributed by atoms with van der Waals surface area (Å²) in [5.74, 6) is 2.33. The number of aromatic nitrogens is 6. The lowest BCUT2D eigenvalue weighted by Crippen LogP contribution is -2.04. The Morgan fingerprint density at radius 1 is 0.535 bits per heavy atom. The Labute approximate surface area is 407 Å². The number of halogens is 3. The highest BCUT2D eigenvalue weighted by atomic mass is 19.4. The number of carbonyl (C=O) groups is 1. The zero-order valence-electron chi connectivity index (χ0n) is 38.2. The number of hydrogen-bond acceptors (Lipinski definition) is 10. The predicted molar refractivity (Wildman–Crippen MR) is 257 cm³/mol. The molecule has 0 saturated heterocycles. The Balaban J connectivity index is 0.000000157. The standard InChI is InChI=1S/C19H15N3O2.C18H12F3N3O.C18H15N3O/c1-14(23)17-4-2-3-5-18(17)24-19-10-15(6-7-16(19)11-20)12-22-9-8-21-13-22;19-18(20,21)15-2-1-3-16(9-15)25-17-8-13(4-5-14(17)10-22)11-24-7-6-23-12-24;1-14-3-2-4-17(9-14)22-18-10-15(5-6-16(18)11-19)12-21-8-7-20-13-21/h2-10,13H,12H2,1H3;1-9,12H,11H2;2-10,13H,12H2,1H3. The van der Waals surface area contributed by atoms with Crippen molar-refractivity contribution in [2.45, 2.75) is 39.7 Å². The molecule has 0 unspecified atom stereocenters. The number of ketones is 1. The molecule has 71 heavy (non-hydrogen) atoms. The van der Waals surface area contributed by atoms with Gasteiger partial charge in [0.2, 0.25) is 0 Å². The van der Waals surface area contributed by atoms with Crippen LogP contribution >= 0.6 is 0 Å². The molecule has 9 aromatic rings. The molecule has 0 atom stereocenters. The second-order valence-electron chi connectivity index (χ2n) is 15.7. The van der Waals surface area contributed by atoms with E-state index in [1.807, 2.05) is 87.6 Å². The largest absolute Gasteiger partial charge is 0.456 e. The Bertz CT molecular complexity index is 3350. The summed E-state index contributed by atoms with van der Waals surface area (Å²) in [5, 5.41) is 27.8. The third-order valence-electron chi connectivity index (χ3n) is 10.4. The van der Waals surface area contributed by atoms with Gasteiger partial charge in [-0.3, -0.25) is 4.79 Å². The van der Waals surface area contributed by atoms with Gasteiger partial charge in [0.05, 0.1) is 46.8 Å². The molecule has 0 aliphatic heterocycles. The Morgan fingerprint density at radius 3 is 1.38 bits per heavy atom. The van der Waals surface area contributed by atoms with E-state index in [0.717, 1.165) is 40.1 Å². The topological polar surface area (TPSA) is 170 Å². The number of ether oxygens (including phenoxy) is 3. The summed E-state index contributed by atoms with van der Waals surface area (Å²) in [5.41, 5.74) is 4.84. The smallest absolute Gasteiger partial charge is 0.416 e. The normalized spacial score (nSPS) is 10.5. The predicted octanol–water partition coefficient (Wildman–Crippen LogP) is 12.3. The van der Waals surface area contributed by atoms with Gasteiger partial charge in [0.25, 0.3) is 0 Å². The van der Waals surface area contributed by atoms with Crippen LogP contribution in [0.25, 0.3) is 0 Å². The molecule has 6 aromatic carbocycles. The van der Waals surface area contributed by atoms with Gasteiger partial charge in [-0.15, -0.1) is 0 Å². The molecule has 3 heterocycles. The van der Waals surface area contributed by atoms with E-state index in [1.54, 1.807) is 98.4 Å². The Kier molecular flexibility index (Phi) is 16.2. The highest BCUT2D eigenvalue weighted by Crippen LogP contribution is 2.34. The molecule has 352 valence electrons. The summed E-state index contributed by atoms with van der Waals surface area (Å²) in [6, 6.07) is 41.6. The second-order valence-corrected chi connectivity index (χ2v) is 15.7. The third-order valence-corrected chi connectivity index (χ3v) is 10.4. The van der Waals surface area contributed by atoms with Crippen molar-refractivity contribution in [3.8, 4) is 52.7 Å². The van der Waals surface area contributed by atoms with Crippen molar-refractivity contribution >= 4 is 5.78 Å². The number of hydrogen-bond donors (Lipinski definition) is 0. The molecule has 13 nitrogen and oxygen atoms in total. The number of Topliss-reactive ketones (excluding diaryl/α,β-unsaturated/α-hetero) is 1. The molecule has 0 aliphatic carbocycles. The quantitative estimate of drug-likeness (QED) is 0.101. The van der Waals surface area contributed by atoms with Crippen LogP contribution in [0.15, 0.2) is 184 Å². The van der Waals surface area contributed by atoms with E-state index in [-0.39, 0.29) is 22.8 Å². The minimum atomic E-state index is -4.46. The molecular formula is C55H42F3N9O4. The zero-order valence-corrected chi connectivity index (χ0v) is 38.2. The van der Waals surface area contributed by atoms with Crippen LogP contribution in [0, 0.1) is 40.9 Å². The lowest BCUT2D eigenvalue weighted by molar-refractivity contribution is -0.137. The molecule has 9 rings (SSSR count). The van der Waals surface area contributed by atoms with Gasteiger partial charge in [-0.1, -0.05) is 48.5 Å². The molecule has 0 bridgehead atoms. The maximum absolute atomic E-state index is 12.8. The molecule has 16 heteroatoms. The Hall–Kier alpha value is -9.72. The monoisotopic (exact) mass is 949 g/mol. The molecule has 0 saturated carbocycles. The highest BCUT2D eigenvalue weighted by Gasteiger charge is 2.30. The van der Waals surface area contributed by atoms with Crippen molar-refractivity contribution in [1.82, 2.24) is 28.7 Å². The molecule has 3 aromatic heterocycles. The third kappa shape index (κ3) is 13.9. The number of rotatable bonds is 13. The first kappa shape index (κ1) is 49.2. The number of nitrogens with zero attached hydrogens (tertiary/aromatic N) is 9. The second kappa shape index (κ2) is 23.3. The van der Waals surface area contributed by atoms with E-state index >= 15 is 0 Å². The number of aryl methyl sites for hydroxylation is 1. The minimum absolute atomic E-state index is 0.0195. The fourth-order valence-corrected chi connectivity index (χ4v) is 6.93. The fraction of sp³-hybridized carbons (Fsp3) is 0.109. The Morgan fingerprint density at radius 2 is 0.972 bits per heavy atom. The van der Waals surface area contributed by atoms with Crippen LogP contribution in [0.2, 0.25) is 0 Å². The fourth-order valence-electron chi connectivity index (χ4n) is 6.93. The molecular weight excluding hydrogens is 908 g/mol. The lowest BCUT2D eigenvalue weighted by atomic mass is 10.1. The van der Waals surface area contributed by atoms with Crippen molar-refractivity contribution in [2.75, 3.05) is 0 Å². The first-order valence-electron chi connectivity index (χ1n) is 21.7. The van der Waals surface area contributed by atoms with Gasteiger partial charge in [-0.2, -0.15) is 29.0 Å². The zero-order chi connectivity index (χ0) is 50.2. The summed E-state index contributed by atoms with van der Waals surface area (Å²) in [7, 11) is 0. The number of alkyl halides is 3. The van der Waals surface area contributed by atoms with Gasteiger partial charge in [0.1, 0.15) is 52.7 Å². The summed E-state index contributed by atoms with van der Waals surface area (Å²) >= 11 is 0. The summed E-state index contributed by atoms with van der Waals surface area (Å²) in [4.78, 5) is 23.7. The van der Waals surface area contributed by atoms with Crippen LogP contribution in [-0.4, -0.2) is 34.4 Å². The van der Waals surface area contributed by atoms with E-state index in [4.69, 9.17) is 14.2 Å². The molecule has 0 spiro atoms. The molecule has 0 N–H and O–H groups in total. The molecule has 0 fully saturated rings. The van der Waals surface area contributed by atoms with Crippen molar-refractivity contribution < 1.29 is 32.2 Å². The van der Waals surface area contributed by atoms with Crippen LogP contribution in [0.5, 0.6) is 34.5 Å². The first-order chi connectivity index (χ1) is 34.4. The van der Waals surface area contributed by atoms with Crippen LogP contribution in [-0.2, 0) is 25.8 Å². The molecule has 0 radical (unpaired) electrons. The highest BCUT2D eigenvalue weighted by molar-refractivity contribution is 5.96. The van der Waals surface area contributed by atoms with Crippen LogP contribution < -0.4 is 14.2 Å². The summed E-state index contributed by atoms with van der Waals surface area (Å²) in [6.45, 7) is 5.31. The number of benzene rings is 6. The van der Waals surface area contributed by atoms with Gasteiger partial charge >= 0.3 is 6.18 Å². The van der Waals surface area contributed by atoms with Crippen LogP contribution in [0.4, 0.5) is 13.2 Å². The average molecular weight is 950 g/mol. The SMILES string of the molecule is CC(=O)c1ccccc1Oc1cc(Cn2ccnc2)ccc1C#N.Cc1cccc(Oc2cc(Cn3ccnc3)ccc2C#N)c1.N#Cc1ccc(Cn2ccnc2)cc1Oc1cccc(C(F)(F)F)c1. The van der Waals surface area contributed by atoms with Gasteiger partial charge in [0.15, 0.2) is 5.78 Å². The van der Waals surface area contributed by atoms with E-state index < -0.39 is 11.7 Å². The average Bonchev–Trinajstić information content (AvgIpc) is 4.19. The van der Waals surface area contributed by atoms with Crippen LogP contribution in [0.1, 0.15) is 61.8 Å². The van der Waals surface area contributed by atoms with Gasteiger partial charge in [0, 0.05) is 56.8 Å². The van der Waals surface area contributed by atoms with E-state index in [2.05, 4.69) is 27.1 Å². The summed E-state index contributed by atoms with van der Waals surface area (Å²) < 4.78 is 61.5. The van der Waals surface area contributed by atoms with Crippen molar-refractivity contribution in [1.29, 1.82) is 15.8 Å². The lowest BCUT2D eigenvalue weighted by Gasteiger charge is -2.12. The summed E-state index contributed by atoms with van der Waals surface area (Å²) in [6.07, 6.45) is 11.3. The van der Waals surface area contributed by atoms with Crippen molar-refractivity contribution in [2.24, 2.45) is 0 Å². The number of nitriles is 3. The van der Waals surface area contributed by atoms with Gasteiger partial charge in [-0.05, 0) is 115 Å². The van der Waals surface area contributed by atoms with E-state index in [1.165, 1.54) is 19.1 Å². The van der Waals surface area contributed by atoms with Gasteiger partial charge < -0.3 is 27.9 Å². The van der Waals surface area contributed by atoms with Crippen molar-refractivity contribution in [3.63, 3.8) is 0 Å². The maximum atomic E-state index is 12.8. The molecule has 0 amide bonds. The number of carbonyl (C=O) groups excluding carboxylic acids is 1. The number of imidazole rings is 3. The van der Waals surface area contributed by atoms with E-state index in [0.29, 0.717) is 53.6 Å². The van der Waals surface area contributed by atoms with Gasteiger partial charge in [-0.25, -0.2) is 15.0 Å². The number of para-hydroxylation sites is 1. The minimum Gasteiger partial charge on any atom is -0.456 e. The maximum Gasteiger partial charge on any atom is 0.416 e. The molecule has 0 aliphatic rings.